The average molecular weight is 305 g/mol. The Labute approximate surface area is 124 Å². The van der Waals surface area contributed by atoms with Gasteiger partial charge in [0.1, 0.15) is 0 Å². The smallest absolute Gasteiger partial charge is 0.171 e. The van der Waals surface area contributed by atoms with Gasteiger partial charge in [0.05, 0.1) is 5.60 Å². The normalized spacial score (nSPS) is 17.5. The van der Waals surface area contributed by atoms with E-state index >= 15 is 0 Å². The Balaban J connectivity index is 0.000000344. The summed E-state index contributed by atoms with van der Waals surface area (Å²) in [6.45, 7) is 15.4. The third-order valence-corrected chi connectivity index (χ3v) is 5.46. The zero-order chi connectivity index (χ0) is 14.9. The lowest BCUT2D eigenvalue weighted by Crippen LogP contribution is -2.28. The molecular formula is C15H36O2Si2. The van der Waals surface area contributed by atoms with E-state index in [9.17, 15) is 0 Å². The molecule has 1 rings (SSSR count). The van der Waals surface area contributed by atoms with Gasteiger partial charge >= 0.3 is 0 Å². The predicted molar refractivity (Wildman–Crippen MR) is 91.2 cm³/mol. The summed E-state index contributed by atoms with van der Waals surface area (Å²) in [6, 6.07) is 0. The number of hydrogen-bond donors (Lipinski definition) is 0. The summed E-state index contributed by atoms with van der Waals surface area (Å²) in [7, 11) is -1.56. The van der Waals surface area contributed by atoms with Gasteiger partial charge in [0.25, 0.3) is 0 Å². The van der Waals surface area contributed by atoms with Crippen LogP contribution in [-0.4, -0.2) is 29.8 Å². The first-order valence-corrected chi connectivity index (χ1v) is 13.7. The molecule has 1 aliphatic carbocycles. The molecule has 0 unspecified atom stereocenters. The second-order valence-corrected chi connectivity index (χ2v) is 11.4. The van der Waals surface area contributed by atoms with Gasteiger partial charge in [-0.3, -0.25) is 0 Å². The van der Waals surface area contributed by atoms with Crippen LogP contribution in [0.15, 0.2) is 0 Å². The SMILES string of the molecule is CCC(C)(C)O[SiH](C)C.C[SiH](C)OC1CCCCC1. The van der Waals surface area contributed by atoms with E-state index in [0.717, 1.165) is 6.42 Å². The van der Waals surface area contributed by atoms with E-state index in [-0.39, 0.29) is 5.60 Å². The number of hydrogen-bond acceptors (Lipinski definition) is 2. The maximum atomic E-state index is 5.83. The van der Waals surface area contributed by atoms with Crippen LogP contribution in [0.4, 0.5) is 0 Å². The fraction of sp³-hybridized carbons (Fsp3) is 1.00. The van der Waals surface area contributed by atoms with Gasteiger partial charge in [-0.05, 0) is 59.3 Å². The van der Waals surface area contributed by atoms with E-state index < -0.39 is 18.1 Å². The Hall–Kier alpha value is 0.354. The van der Waals surface area contributed by atoms with E-state index in [1.165, 1.54) is 32.1 Å². The van der Waals surface area contributed by atoms with Crippen LogP contribution in [0.5, 0.6) is 0 Å². The molecule has 4 heteroatoms. The third-order valence-electron chi connectivity index (χ3n) is 3.42. The van der Waals surface area contributed by atoms with Crippen LogP contribution in [0.25, 0.3) is 0 Å². The van der Waals surface area contributed by atoms with E-state index in [1.807, 2.05) is 0 Å². The second-order valence-electron chi connectivity index (χ2n) is 6.72. The quantitative estimate of drug-likeness (QED) is 0.697. The fourth-order valence-electron chi connectivity index (χ4n) is 2.31. The first-order chi connectivity index (χ1) is 8.76. The molecule has 0 amide bonds. The Morgan fingerprint density at radius 2 is 1.47 bits per heavy atom. The molecule has 0 saturated heterocycles. The largest absolute Gasteiger partial charge is 0.418 e. The molecule has 0 bridgehead atoms. The molecule has 2 nitrogen and oxygen atoms in total. The third kappa shape index (κ3) is 11.8. The van der Waals surface area contributed by atoms with Gasteiger partial charge in [-0.25, -0.2) is 0 Å². The summed E-state index contributed by atoms with van der Waals surface area (Å²) in [6.07, 6.45) is 8.62. The highest BCUT2D eigenvalue weighted by Crippen LogP contribution is 2.20. The summed E-state index contributed by atoms with van der Waals surface area (Å²) in [5, 5.41) is 0. The second kappa shape index (κ2) is 10.1. The lowest BCUT2D eigenvalue weighted by Gasteiger charge is -2.26. The highest BCUT2D eigenvalue weighted by molar-refractivity contribution is 6.48. The topological polar surface area (TPSA) is 18.5 Å². The van der Waals surface area contributed by atoms with Crippen molar-refractivity contribution in [1.29, 1.82) is 0 Å². The molecule has 1 fully saturated rings. The van der Waals surface area contributed by atoms with Crippen molar-refractivity contribution in [2.75, 3.05) is 0 Å². The molecular weight excluding hydrogens is 268 g/mol. The summed E-state index contributed by atoms with van der Waals surface area (Å²) >= 11 is 0. The molecule has 0 aromatic carbocycles. The van der Waals surface area contributed by atoms with Gasteiger partial charge in [-0.15, -0.1) is 0 Å². The van der Waals surface area contributed by atoms with Crippen LogP contribution in [-0.2, 0) is 8.85 Å². The van der Waals surface area contributed by atoms with E-state index in [1.54, 1.807) is 0 Å². The first kappa shape index (κ1) is 19.4. The van der Waals surface area contributed by atoms with E-state index in [4.69, 9.17) is 8.85 Å². The van der Waals surface area contributed by atoms with Gasteiger partial charge in [-0.2, -0.15) is 0 Å². The summed E-state index contributed by atoms with van der Waals surface area (Å²) in [5.74, 6) is 0. The molecule has 116 valence electrons. The molecule has 0 heterocycles. The summed E-state index contributed by atoms with van der Waals surface area (Å²) in [4.78, 5) is 0. The van der Waals surface area contributed by atoms with Crippen molar-refractivity contribution in [3.63, 3.8) is 0 Å². The van der Waals surface area contributed by atoms with Gasteiger partial charge in [-0.1, -0.05) is 26.2 Å². The molecule has 0 radical (unpaired) electrons. The van der Waals surface area contributed by atoms with Crippen molar-refractivity contribution in [2.45, 2.75) is 97.2 Å². The highest BCUT2D eigenvalue weighted by atomic mass is 28.3. The minimum Gasteiger partial charge on any atom is -0.418 e. The van der Waals surface area contributed by atoms with Crippen molar-refractivity contribution in [3.05, 3.63) is 0 Å². The minimum absolute atomic E-state index is 0.125. The van der Waals surface area contributed by atoms with Crippen molar-refractivity contribution >= 4 is 18.1 Å². The maximum absolute atomic E-state index is 5.83. The summed E-state index contributed by atoms with van der Waals surface area (Å²) in [5.41, 5.74) is 0.125. The lowest BCUT2D eigenvalue weighted by molar-refractivity contribution is 0.105. The van der Waals surface area contributed by atoms with Crippen molar-refractivity contribution in [3.8, 4) is 0 Å². The molecule has 0 aromatic rings. The monoisotopic (exact) mass is 304 g/mol. The molecule has 0 N–H and O–H groups in total. The first-order valence-electron chi connectivity index (χ1n) is 8.10. The molecule has 0 aromatic heterocycles. The van der Waals surface area contributed by atoms with Crippen LogP contribution in [0.2, 0.25) is 26.2 Å². The van der Waals surface area contributed by atoms with Crippen LogP contribution >= 0.6 is 0 Å². The van der Waals surface area contributed by atoms with Crippen LogP contribution < -0.4 is 0 Å². The molecule has 0 aliphatic heterocycles. The van der Waals surface area contributed by atoms with Gasteiger partial charge in [0.2, 0.25) is 0 Å². The molecule has 1 saturated carbocycles. The van der Waals surface area contributed by atoms with E-state index in [2.05, 4.69) is 47.0 Å². The van der Waals surface area contributed by atoms with Gasteiger partial charge in [0.15, 0.2) is 18.1 Å². The van der Waals surface area contributed by atoms with Crippen LogP contribution in [0, 0.1) is 0 Å². The molecule has 0 atom stereocenters. The van der Waals surface area contributed by atoms with Crippen LogP contribution in [0.3, 0.4) is 0 Å². The van der Waals surface area contributed by atoms with Crippen molar-refractivity contribution in [1.82, 2.24) is 0 Å². The van der Waals surface area contributed by atoms with Crippen molar-refractivity contribution in [2.24, 2.45) is 0 Å². The van der Waals surface area contributed by atoms with Gasteiger partial charge < -0.3 is 8.85 Å². The Morgan fingerprint density at radius 1 is 0.947 bits per heavy atom. The highest BCUT2D eigenvalue weighted by Gasteiger charge is 2.16. The predicted octanol–water partition coefficient (Wildman–Crippen LogP) is 4.49. The Bertz CT molecular complexity index is 212. The Morgan fingerprint density at radius 3 is 1.79 bits per heavy atom. The van der Waals surface area contributed by atoms with Gasteiger partial charge in [0, 0.05) is 6.10 Å². The molecule has 0 spiro atoms. The maximum Gasteiger partial charge on any atom is 0.171 e. The van der Waals surface area contributed by atoms with Crippen LogP contribution in [0.1, 0.15) is 59.3 Å². The minimum atomic E-state index is -0.813. The zero-order valence-corrected chi connectivity index (χ0v) is 16.6. The Kier molecular flexibility index (Phi) is 10.3. The fourth-order valence-corrected chi connectivity index (χ4v) is 4.79. The van der Waals surface area contributed by atoms with E-state index in [0.29, 0.717) is 6.10 Å². The zero-order valence-electron chi connectivity index (χ0n) is 14.3. The summed E-state index contributed by atoms with van der Waals surface area (Å²) < 4.78 is 11.6. The standard InChI is InChI=1S/C8H18OSi.C7H18OSi/c1-10(2)9-8-6-4-3-5-7-8;1-6-7(2,3)8-9(4)5/h8,10H,3-7H2,1-2H3;9H,6H2,1-5H3. The van der Waals surface area contributed by atoms with Crippen molar-refractivity contribution < 1.29 is 8.85 Å². The lowest BCUT2D eigenvalue weighted by atomic mass is 9.98. The molecule has 19 heavy (non-hydrogen) atoms. The average Bonchev–Trinajstić information content (AvgIpc) is 2.29. The molecule has 1 aliphatic rings. The number of rotatable bonds is 5.